The van der Waals surface area contributed by atoms with Gasteiger partial charge in [0.1, 0.15) is 11.5 Å². The van der Waals surface area contributed by atoms with E-state index in [2.05, 4.69) is 36.1 Å². The molecule has 0 saturated heterocycles. The molecule has 0 bridgehead atoms. The Morgan fingerprint density at radius 1 is 0.857 bits per heavy atom. The molecule has 0 radical (unpaired) electrons. The summed E-state index contributed by atoms with van der Waals surface area (Å²) in [5, 5.41) is 30.4. The van der Waals surface area contributed by atoms with Crippen molar-refractivity contribution in [3.63, 3.8) is 0 Å². The third-order valence-corrected chi connectivity index (χ3v) is 6.13. The van der Waals surface area contributed by atoms with Crippen LogP contribution in [0, 0.1) is 24.0 Å². The molecule has 0 aliphatic carbocycles. The Morgan fingerprint density at radius 2 is 1.50 bits per heavy atom. The number of rotatable bonds is 10. The van der Waals surface area contributed by atoms with Gasteiger partial charge in [0, 0.05) is 29.1 Å². The van der Waals surface area contributed by atoms with E-state index >= 15 is 0 Å². The van der Waals surface area contributed by atoms with Crippen LogP contribution in [-0.4, -0.2) is 37.2 Å². The number of hydrazone groups is 1. The van der Waals surface area contributed by atoms with Crippen molar-refractivity contribution in [2.24, 2.45) is 5.10 Å². The number of hydrogen-bond acceptors (Lipinski definition) is 11. The third-order valence-electron chi connectivity index (χ3n) is 6.13. The molecule has 210 valence electrons. The number of carbonyl (C=O) groups is 1. The van der Waals surface area contributed by atoms with Crippen LogP contribution in [0.4, 0.5) is 34.9 Å². The van der Waals surface area contributed by atoms with Crippen molar-refractivity contribution in [2.75, 3.05) is 16.1 Å². The van der Waals surface area contributed by atoms with Crippen LogP contribution >= 0.6 is 0 Å². The fourth-order valence-electron chi connectivity index (χ4n) is 3.79. The number of furan rings is 1. The minimum Gasteiger partial charge on any atom is -0.478 e. The van der Waals surface area contributed by atoms with Crippen molar-refractivity contribution >= 4 is 47.1 Å². The second kappa shape index (κ2) is 12.0. The lowest BCUT2D eigenvalue weighted by Crippen LogP contribution is -2.07. The number of non-ortho nitro benzene ring substituents is 1. The van der Waals surface area contributed by atoms with Crippen LogP contribution in [0.2, 0.25) is 0 Å². The normalized spacial score (nSPS) is 10.9. The smallest absolute Gasteiger partial charge is 0.335 e. The summed E-state index contributed by atoms with van der Waals surface area (Å²) >= 11 is 0. The molecule has 13 nitrogen and oxygen atoms in total. The number of nitro groups is 1. The van der Waals surface area contributed by atoms with Crippen molar-refractivity contribution in [2.45, 2.75) is 13.8 Å². The number of hydrogen-bond donors (Lipinski definition) is 4. The molecule has 0 saturated carbocycles. The average molecular weight is 565 g/mol. The maximum atomic E-state index is 11.1. The Balaban J connectivity index is 1.35. The van der Waals surface area contributed by atoms with Crippen molar-refractivity contribution in [3.05, 3.63) is 111 Å². The van der Waals surface area contributed by atoms with E-state index in [1.807, 2.05) is 32.0 Å². The van der Waals surface area contributed by atoms with E-state index in [1.165, 1.54) is 30.5 Å². The summed E-state index contributed by atoms with van der Waals surface area (Å²) in [5.41, 5.74) is 7.19. The van der Waals surface area contributed by atoms with Crippen LogP contribution in [0.1, 0.15) is 27.2 Å². The molecule has 4 N–H and O–H groups in total. The predicted molar refractivity (Wildman–Crippen MR) is 158 cm³/mol. The van der Waals surface area contributed by atoms with E-state index in [9.17, 15) is 14.9 Å². The largest absolute Gasteiger partial charge is 0.478 e. The van der Waals surface area contributed by atoms with Gasteiger partial charge in [-0.05, 0) is 73.5 Å². The van der Waals surface area contributed by atoms with E-state index < -0.39 is 10.9 Å². The number of aromatic nitrogens is 3. The molecule has 0 atom stereocenters. The summed E-state index contributed by atoms with van der Waals surface area (Å²) in [4.78, 5) is 34.8. The number of aryl methyl sites for hydroxylation is 2. The van der Waals surface area contributed by atoms with Crippen LogP contribution in [0.25, 0.3) is 11.3 Å². The van der Waals surface area contributed by atoms with Crippen LogP contribution in [-0.2, 0) is 0 Å². The molecule has 42 heavy (non-hydrogen) atoms. The molecule has 0 amide bonds. The number of benzene rings is 3. The monoisotopic (exact) mass is 564 g/mol. The highest BCUT2D eigenvalue weighted by Gasteiger charge is 2.11. The first-order chi connectivity index (χ1) is 20.2. The van der Waals surface area contributed by atoms with E-state index in [0.717, 1.165) is 16.8 Å². The van der Waals surface area contributed by atoms with E-state index in [-0.39, 0.29) is 29.1 Å². The van der Waals surface area contributed by atoms with E-state index in [0.29, 0.717) is 22.8 Å². The highest BCUT2D eigenvalue weighted by molar-refractivity contribution is 5.88. The first-order valence-electron chi connectivity index (χ1n) is 12.6. The number of nitro benzene ring substituents is 1. The van der Waals surface area contributed by atoms with Crippen LogP contribution in [0.5, 0.6) is 0 Å². The van der Waals surface area contributed by atoms with Crippen LogP contribution in [0.3, 0.4) is 0 Å². The molecule has 13 heteroatoms. The maximum Gasteiger partial charge on any atom is 0.335 e. The molecule has 0 aliphatic rings. The Kier molecular flexibility index (Phi) is 7.82. The molecule has 3 aromatic carbocycles. The minimum absolute atomic E-state index is 0.0386. The molecule has 0 spiro atoms. The first-order valence-corrected chi connectivity index (χ1v) is 12.6. The van der Waals surface area contributed by atoms with Gasteiger partial charge < -0.3 is 20.2 Å². The molecule has 2 heterocycles. The molecule has 5 rings (SSSR count). The second-order valence-corrected chi connectivity index (χ2v) is 9.11. The van der Waals surface area contributed by atoms with Crippen molar-refractivity contribution < 1.29 is 19.2 Å². The standard InChI is InChI=1S/C29H24N8O5/c1-17-3-8-22(15-18(17)2)32-28-33-27(31-21-9-11-23(12-10-21)37(40)41)34-29(35-28)36-30-16-24-13-14-25(42-24)19-4-6-20(7-5-19)26(38)39/h3-16H,1-2H3,(H,38,39)(H3,31,32,33,34,35,36)/b30-16-. The number of aromatic carboxylic acids is 1. The molecular formula is C29H24N8O5. The Morgan fingerprint density at radius 3 is 2.14 bits per heavy atom. The molecule has 0 aliphatic heterocycles. The summed E-state index contributed by atoms with van der Waals surface area (Å²) in [6, 6.07) is 21.5. The number of carboxylic acid groups (broad SMARTS) is 1. The van der Waals surface area contributed by atoms with E-state index in [4.69, 9.17) is 9.52 Å². The van der Waals surface area contributed by atoms with Gasteiger partial charge in [-0.2, -0.15) is 20.1 Å². The SMILES string of the molecule is Cc1ccc(Nc2nc(N/N=C\c3ccc(-c4ccc(C(=O)O)cc4)o3)nc(Nc3ccc([N+](=O)[O-])cc3)n2)cc1C. The number of carboxylic acids is 1. The predicted octanol–water partition coefficient (Wildman–Crippen LogP) is 6.29. The Bertz CT molecular complexity index is 1780. The quantitative estimate of drug-likeness (QED) is 0.0850. The Labute approximate surface area is 239 Å². The minimum atomic E-state index is -1.00. The lowest BCUT2D eigenvalue weighted by atomic mass is 10.1. The Hall–Kier alpha value is -6.11. The van der Waals surface area contributed by atoms with E-state index in [1.54, 1.807) is 36.4 Å². The van der Waals surface area contributed by atoms with Gasteiger partial charge in [-0.1, -0.05) is 18.2 Å². The first kappa shape index (κ1) is 27.5. The second-order valence-electron chi connectivity index (χ2n) is 9.11. The average Bonchev–Trinajstić information content (AvgIpc) is 3.44. The summed E-state index contributed by atoms with van der Waals surface area (Å²) in [7, 11) is 0. The van der Waals surface area contributed by atoms with Crippen molar-refractivity contribution in [3.8, 4) is 11.3 Å². The number of anilines is 5. The molecule has 2 aromatic heterocycles. The zero-order valence-corrected chi connectivity index (χ0v) is 22.4. The van der Waals surface area contributed by atoms with Crippen molar-refractivity contribution in [1.82, 2.24) is 15.0 Å². The van der Waals surface area contributed by atoms with Gasteiger partial charge in [0.25, 0.3) is 5.69 Å². The van der Waals surface area contributed by atoms with Gasteiger partial charge in [0.15, 0.2) is 0 Å². The summed E-state index contributed by atoms with van der Waals surface area (Å²) in [6.07, 6.45) is 1.44. The highest BCUT2D eigenvalue weighted by Crippen LogP contribution is 2.24. The highest BCUT2D eigenvalue weighted by atomic mass is 16.6. The zero-order valence-electron chi connectivity index (χ0n) is 22.4. The lowest BCUT2D eigenvalue weighted by molar-refractivity contribution is -0.384. The van der Waals surface area contributed by atoms with Crippen molar-refractivity contribution in [1.29, 1.82) is 0 Å². The number of nitrogens with one attached hydrogen (secondary N) is 3. The van der Waals surface area contributed by atoms with Gasteiger partial charge >= 0.3 is 5.97 Å². The fraction of sp³-hybridized carbons (Fsp3) is 0.0690. The zero-order chi connectivity index (χ0) is 29.6. The molecular weight excluding hydrogens is 540 g/mol. The topological polar surface area (TPSA) is 181 Å². The lowest BCUT2D eigenvalue weighted by Gasteiger charge is -2.11. The van der Waals surface area contributed by atoms with Gasteiger partial charge in [-0.3, -0.25) is 10.1 Å². The van der Waals surface area contributed by atoms with Gasteiger partial charge in [-0.15, -0.1) is 0 Å². The third kappa shape index (κ3) is 6.71. The molecule has 0 fully saturated rings. The van der Waals surface area contributed by atoms with Crippen LogP contribution < -0.4 is 16.1 Å². The maximum absolute atomic E-state index is 11.1. The summed E-state index contributed by atoms with van der Waals surface area (Å²) in [6.45, 7) is 4.02. The number of nitrogens with zero attached hydrogens (tertiary/aromatic N) is 5. The van der Waals surface area contributed by atoms with Crippen LogP contribution in [0.15, 0.2) is 88.4 Å². The fourth-order valence-corrected chi connectivity index (χ4v) is 3.79. The summed E-state index contributed by atoms with van der Waals surface area (Å²) < 4.78 is 5.80. The van der Waals surface area contributed by atoms with Gasteiger partial charge in [0.2, 0.25) is 17.8 Å². The van der Waals surface area contributed by atoms with Gasteiger partial charge in [0.05, 0.1) is 16.7 Å². The molecule has 0 unspecified atom stereocenters. The summed E-state index contributed by atoms with van der Waals surface area (Å²) in [5.74, 6) is 0.507. The van der Waals surface area contributed by atoms with Gasteiger partial charge in [-0.25, -0.2) is 10.2 Å². The molecule has 5 aromatic rings.